The van der Waals surface area contributed by atoms with E-state index in [1.807, 2.05) is 13.0 Å². The van der Waals surface area contributed by atoms with Gasteiger partial charge in [0, 0.05) is 24.2 Å². The Morgan fingerprint density at radius 3 is 2.70 bits per heavy atom. The van der Waals surface area contributed by atoms with Crippen molar-refractivity contribution in [1.29, 1.82) is 0 Å². The molecule has 6 nitrogen and oxygen atoms in total. The number of carbonyl (C=O) groups is 2. The minimum absolute atomic E-state index is 0.0469. The van der Waals surface area contributed by atoms with Gasteiger partial charge in [0.1, 0.15) is 5.69 Å². The van der Waals surface area contributed by atoms with Crippen LogP contribution in [-0.4, -0.2) is 29.9 Å². The lowest BCUT2D eigenvalue weighted by Crippen LogP contribution is -2.24. The Labute approximate surface area is 163 Å². The van der Waals surface area contributed by atoms with Crippen LogP contribution >= 0.6 is 11.6 Å². The second-order valence-electron chi connectivity index (χ2n) is 6.53. The molecule has 2 aromatic rings. The molecule has 1 aromatic carbocycles. The fourth-order valence-electron chi connectivity index (χ4n) is 3.36. The van der Waals surface area contributed by atoms with E-state index >= 15 is 0 Å². The van der Waals surface area contributed by atoms with Crippen molar-refractivity contribution in [1.82, 2.24) is 10.3 Å². The second kappa shape index (κ2) is 8.05. The molecule has 1 aromatic heterocycles. The largest absolute Gasteiger partial charge is 0.489 e. The second-order valence-corrected chi connectivity index (χ2v) is 6.93. The van der Waals surface area contributed by atoms with Gasteiger partial charge in [0.2, 0.25) is 0 Å². The third-order valence-electron chi connectivity index (χ3n) is 4.54. The Morgan fingerprint density at radius 1 is 1.26 bits per heavy atom. The first-order chi connectivity index (χ1) is 12.9. The topological polar surface area (TPSA) is 80.4 Å². The van der Waals surface area contributed by atoms with Crippen molar-refractivity contribution in [3.63, 3.8) is 0 Å². The van der Waals surface area contributed by atoms with E-state index in [0.29, 0.717) is 53.1 Å². The third kappa shape index (κ3) is 3.95. The summed E-state index contributed by atoms with van der Waals surface area (Å²) in [4.78, 5) is 27.6. The van der Waals surface area contributed by atoms with Crippen molar-refractivity contribution in [3.8, 4) is 11.5 Å². The van der Waals surface area contributed by atoms with Gasteiger partial charge in [-0.25, -0.2) is 0 Å². The van der Waals surface area contributed by atoms with Crippen molar-refractivity contribution >= 4 is 23.3 Å². The zero-order chi connectivity index (χ0) is 19.6. The zero-order valence-corrected chi connectivity index (χ0v) is 16.5. The van der Waals surface area contributed by atoms with Gasteiger partial charge < -0.3 is 19.8 Å². The molecule has 0 radical (unpaired) electrons. The van der Waals surface area contributed by atoms with Crippen LogP contribution in [0.1, 0.15) is 57.9 Å². The van der Waals surface area contributed by atoms with Gasteiger partial charge in [0.15, 0.2) is 17.3 Å². The fraction of sp³-hybridized carbons (Fsp3) is 0.400. The summed E-state index contributed by atoms with van der Waals surface area (Å²) in [6, 6.07) is 3.59. The van der Waals surface area contributed by atoms with Crippen LogP contribution in [0.5, 0.6) is 11.5 Å². The van der Waals surface area contributed by atoms with Gasteiger partial charge in [-0.3, -0.25) is 9.59 Å². The number of ketones is 1. The van der Waals surface area contributed by atoms with Gasteiger partial charge >= 0.3 is 0 Å². The number of Topliss-reactive ketones (excluding diaryl/α,β-unsaturated/α-hetero) is 1. The smallest absolute Gasteiger partial charge is 0.268 e. The van der Waals surface area contributed by atoms with Crippen LogP contribution < -0.4 is 14.8 Å². The molecule has 1 amide bonds. The highest BCUT2D eigenvalue weighted by molar-refractivity contribution is 6.32. The molecule has 0 saturated carbocycles. The number of rotatable bonds is 5. The molecule has 0 fully saturated rings. The normalized spacial score (nSPS) is 13.2. The molecule has 0 saturated heterocycles. The summed E-state index contributed by atoms with van der Waals surface area (Å²) in [7, 11) is 0. The number of aromatic amines is 1. The average Bonchev–Trinajstić information content (AvgIpc) is 2.80. The molecule has 0 atom stereocenters. The summed E-state index contributed by atoms with van der Waals surface area (Å²) >= 11 is 6.30. The summed E-state index contributed by atoms with van der Waals surface area (Å²) in [6.07, 6.45) is 1.39. The Morgan fingerprint density at radius 2 is 2.00 bits per heavy atom. The number of aromatic nitrogens is 1. The molecule has 27 heavy (non-hydrogen) atoms. The van der Waals surface area contributed by atoms with Crippen LogP contribution in [-0.2, 0) is 13.0 Å². The van der Waals surface area contributed by atoms with Crippen molar-refractivity contribution < 1.29 is 19.1 Å². The number of hydrogen-bond donors (Lipinski definition) is 2. The van der Waals surface area contributed by atoms with Gasteiger partial charge in [-0.05, 0) is 43.5 Å². The monoisotopic (exact) mass is 390 g/mol. The molecular weight excluding hydrogens is 368 g/mol. The number of ether oxygens (including phenoxy) is 2. The standard InChI is InChI=1S/C20H23ClN2O4/c1-4-14-17(12(3)24)11(2)23-18(14)20(25)22-10-13-8-15(21)19-16(9-13)26-6-5-7-27-19/h8-9,23H,4-7,10H2,1-3H3,(H,22,25). The van der Waals surface area contributed by atoms with E-state index in [-0.39, 0.29) is 18.2 Å². The molecule has 3 rings (SSSR count). The predicted molar refractivity (Wildman–Crippen MR) is 103 cm³/mol. The van der Waals surface area contributed by atoms with E-state index in [1.165, 1.54) is 6.92 Å². The van der Waals surface area contributed by atoms with Gasteiger partial charge in [-0.15, -0.1) is 0 Å². The van der Waals surface area contributed by atoms with Gasteiger partial charge in [0.25, 0.3) is 5.91 Å². The number of hydrogen-bond acceptors (Lipinski definition) is 4. The van der Waals surface area contributed by atoms with E-state index < -0.39 is 0 Å². The maximum atomic E-state index is 12.7. The number of H-pyrrole nitrogens is 1. The van der Waals surface area contributed by atoms with E-state index in [9.17, 15) is 9.59 Å². The van der Waals surface area contributed by atoms with Gasteiger partial charge in [-0.2, -0.15) is 0 Å². The molecule has 144 valence electrons. The van der Waals surface area contributed by atoms with Gasteiger partial charge in [0.05, 0.1) is 18.2 Å². The lowest BCUT2D eigenvalue weighted by atomic mass is 10.0. The van der Waals surface area contributed by atoms with Crippen LogP contribution in [0.15, 0.2) is 12.1 Å². The number of halogens is 1. The van der Waals surface area contributed by atoms with E-state index in [1.54, 1.807) is 13.0 Å². The molecular formula is C20H23ClN2O4. The Bertz CT molecular complexity index is 889. The Balaban J connectivity index is 1.79. The molecule has 0 bridgehead atoms. The highest BCUT2D eigenvalue weighted by Crippen LogP contribution is 2.38. The average molecular weight is 391 g/mol. The first-order valence-corrected chi connectivity index (χ1v) is 9.38. The van der Waals surface area contributed by atoms with Crippen LogP contribution in [0.25, 0.3) is 0 Å². The number of nitrogens with one attached hydrogen (secondary N) is 2. The molecule has 1 aliphatic rings. The van der Waals surface area contributed by atoms with Crippen molar-refractivity contribution in [3.05, 3.63) is 45.2 Å². The van der Waals surface area contributed by atoms with E-state index in [2.05, 4.69) is 10.3 Å². The minimum Gasteiger partial charge on any atom is -0.489 e. The van der Waals surface area contributed by atoms with Crippen LogP contribution in [0.4, 0.5) is 0 Å². The maximum absolute atomic E-state index is 12.7. The molecule has 0 spiro atoms. The van der Waals surface area contributed by atoms with E-state index in [0.717, 1.165) is 17.5 Å². The van der Waals surface area contributed by atoms with Crippen LogP contribution in [0.3, 0.4) is 0 Å². The third-order valence-corrected chi connectivity index (χ3v) is 4.82. The SMILES string of the molecule is CCc1c(C(=O)NCc2cc(Cl)c3c(c2)OCCCO3)[nH]c(C)c1C(C)=O. The number of carbonyl (C=O) groups excluding carboxylic acids is 2. The summed E-state index contributed by atoms with van der Waals surface area (Å²) in [5, 5.41) is 3.34. The van der Waals surface area contributed by atoms with Crippen molar-refractivity contribution in [2.75, 3.05) is 13.2 Å². The number of amides is 1. The lowest BCUT2D eigenvalue weighted by Gasteiger charge is -2.12. The van der Waals surface area contributed by atoms with Crippen molar-refractivity contribution in [2.45, 2.75) is 40.2 Å². The Kier molecular flexibility index (Phi) is 5.75. The number of benzene rings is 1. The highest BCUT2D eigenvalue weighted by Gasteiger charge is 2.22. The molecule has 2 N–H and O–H groups in total. The predicted octanol–water partition coefficient (Wildman–Crippen LogP) is 3.83. The lowest BCUT2D eigenvalue weighted by molar-refractivity contribution is 0.0945. The minimum atomic E-state index is -0.259. The van der Waals surface area contributed by atoms with Gasteiger partial charge in [-0.1, -0.05) is 18.5 Å². The van der Waals surface area contributed by atoms with Crippen LogP contribution in [0, 0.1) is 6.92 Å². The number of fused-ring (bicyclic) bond motifs is 1. The molecule has 0 aliphatic carbocycles. The Hall–Kier alpha value is -2.47. The summed E-state index contributed by atoms with van der Waals surface area (Å²) < 4.78 is 11.3. The van der Waals surface area contributed by atoms with Crippen LogP contribution in [0.2, 0.25) is 5.02 Å². The fourth-order valence-corrected chi connectivity index (χ4v) is 3.65. The van der Waals surface area contributed by atoms with Crippen molar-refractivity contribution in [2.24, 2.45) is 0 Å². The first kappa shape index (κ1) is 19.3. The number of aryl methyl sites for hydroxylation is 1. The quantitative estimate of drug-likeness (QED) is 0.760. The zero-order valence-electron chi connectivity index (χ0n) is 15.7. The summed E-state index contributed by atoms with van der Waals surface area (Å²) in [6.45, 7) is 6.65. The summed E-state index contributed by atoms with van der Waals surface area (Å²) in [5.74, 6) is 0.830. The summed E-state index contributed by atoms with van der Waals surface area (Å²) in [5.41, 5.74) is 3.30. The van der Waals surface area contributed by atoms with E-state index in [4.69, 9.17) is 21.1 Å². The maximum Gasteiger partial charge on any atom is 0.268 e. The first-order valence-electron chi connectivity index (χ1n) is 9.01. The highest BCUT2D eigenvalue weighted by atomic mass is 35.5. The molecule has 7 heteroatoms. The molecule has 2 heterocycles. The molecule has 1 aliphatic heterocycles. The molecule has 0 unspecified atom stereocenters.